The van der Waals surface area contributed by atoms with Crippen LogP contribution in [0.25, 0.3) is 0 Å². The van der Waals surface area contributed by atoms with E-state index in [1.807, 2.05) is 0 Å². The van der Waals surface area contributed by atoms with Crippen LogP contribution in [0.4, 0.5) is 0 Å². The minimum absolute atomic E-state index is 0.367. The third-order valence-electron chi connectivity index (χ3n) is 2.23. The molecule has 0 N–H and O–H groups in total. The van der Waals surface area contributed by atoms with Gasteiger partial charge in [0.05, 0.1) is 6.10 Å². The Kier molecular flexibility index (Phi) is 11.8. The van der Waals surface area contributed by atoms with E-state index in [1.54, 1.807) is 7.11 Å². The maximum absolute atomic E-state index is 5.56. The first-order valence-corrected chi connectivity index (χ1v) is 6.63. The molecule has 1 atom stereocenters. The number of unbranched alkanes of at least 4 members (excludes halogenated alkanes) is 3. The second-order valence-electron chi connectivity index (χ2n) is 3.52. The zero-order valence-electron chi connectivity index (χ0n) is 9.43. The Morgan fingerprint density at radius 2 is 1.93 bits per heavy atom. The molecule has 3 heteroatoms. The lowest BCUT2D eigenvalue weighted by atomic mass is 10.1. The van der Waals surface area contributed by atoms with Crippen LogP contribution < -0.4 is 0 Å². The highest BCUT2D eigenvalue weighted by Crippen LogP contribution is 2.12. The van der Waals surface area contributed by atoms with Crippen LogP contribution in [0.5, 0.6) is 0 Å². The molecule has 0 fully saturated rings. The van der Waals surface area contributed by atoms with E-state index in [1.165, 1.54) is 25.7 Å². The van der Waals surface area contributed by atoms with Crippen molar-refractivity contribution in [1.82, 2.24) is 0 Å². The molecule has 0 bridgehead atoms. The van der Waals surface area contributed by atoms with Crippen molar-refractivity contribution < 1.29 is 9.47 Å². The number of methoxy groups -OCH3 is 1. The first-order valence-electron chi connectivity index (χ1n) is 5.51. The normalized spacial score (nSPS) is 13.1. The van der Waals surface area contributed by atoms with Crippen LogP contribution in [0.1, 0.15) is 45.4 Å². The number of alkyl halides is 1. The van der Waals surface area contributed by atoms with Crippen molar-refractivity contribution in [2.45, 2.75) is 51.6 Å². The van der Waals surface area contributed by atoms with Crippen molar-refractivity contribution >= 4 is 15.9 Å². The van der Waals surface area contributed by atoms with Gasteiger partial charge in [-0.05, 0) is 12.8 Å². The van der Waals surface area contributed by atoms with Gasteiger partial charge in [-0.1, -0.05) is 48.5 Å². The number of halogens is 1. The smallest absolute Gasteiger partial charge is 0.146 e. The minimum atomic E-state index is 0.367. The van der Waals surface area contributed by atoms with E-state index in [0.29, 0.717) is 12.9 Å². The maximum Gasteiger partial charge on any atom is 0.146 e. The monoisotopic (exact) mass is 266 g/mol. The van der Waals surface area contributed by atoms with Gasteiger partial charge in [-0.2, -0.15) is 0 Å². The summed E-state index contributed by atoms with van der Waals surface area (Å²) in [5, 5.41) is 1.01. The molecule has 0 amide bonds. The molecule has 0 aromatic carbocycles. The number of hydrogen-bond donors (Lipinski definition) is 0. The molecule has 0 saturated heterocycles. The standard InChI is InChI=1S/C11H23BrO2/c1-3-4-5-6-7-11(8-9-12)14-10-13-2/h11H,3-10H2,1-2H3/t11-/m1/s1. The predicted molar refractivity (Wildman–Crippen MR) is 63.9 cm³/mol. The Morgan fingerprint density at radius 3 is 2.50 bits per heavy atom. The van der Waals surface area contributed by atoms with Gasteiger partial charge >= 0.3 is 0 Å². The molecule has 0 radical (unpaired) electrons. The van der Waals surface area contributed by atoms with Gasteiger partial charge in [0.25, 0.3) is 0 Å². The summed E-state index contributed by atoms with van der Waals surface area (Å²) in [6.45, 7) is 2.66. The SMILES string of the molecule is CCCCCC[C@H](CCBr)OCOC. The summed E-state index contributed by atoms with van der Waals surface area (Å²) in [4.78, 5) is 0. The van der Waals surface area contributed by atoms with Crippen LogP contribution in [-0.4, -0.2) is 25.3 Å². The van der Waals surface area contributed by atoms with E-state index >= 15 is 0 Å². The molecule has 0 aliphatic rings. The largest absolute Gasteiger partial charge is 0.359 e. The summed E-state index contributed by atoms with van der Waals surface area (Å²) in [7, 11) is 1.67. The molecular formula is C11H23BrO2. The summed E-state index contributed by atoms with van der Waals surface area (Å²) >= 11 is 3.44. The van der Waals surface area contributed by atoms with Crippen LogP contribution in [0.3, 0.4) is 0 Å². The predicted octanol–water partition coefficient (Wildman–Crippen LogP) is 3.73. The summed E-state index contributed by atoms with van der Waals surface area (Å²) < 4.78 is 10.5. The van der Waals surface area contributed by atoms with Crippen LogP contribution in [-0.2, 0) is 9.47 Å². The van der Waals surface area contributed by atoms with E-state index in [9.17, 15) is 0 Å². The second kappa shape index (κ2) is 11.5. The molecule has 0 saturated carbocycles. The minimum Gasteiger partial charge on any atom is -0.359 e. The van der Waals surface area contributed by atoms with Gasteiger partial charge in [-0.25, -0.2) is 0 Å². The summed E-state index contributed by atoms with van der Waals surface area (Å²) in [5.41, 5.74) is 0. The van der Waals surface area contributed by atoms with Gasteiger partial charge in [0.2, 0.25) is 0 Å². The summed E-state index contributed by atoms with van der Waals surface area (Å²) in [5.74, 6) is 0. The molecule has 0 spiro atoms. The van der Waals surface area contributed by atoms with Crippen molar-refractivity contribution in [3.63, 3.8) is 0 Å². The molecule has 0 aromatic rings. The Balaban J connectivity index is 3.40. The van der Waals surface area contributed by atoms with Crippen molar-refractivity contribution in [1.29, 1.82) is 0 Å². The molecule has 0 unspecified atom stereocenters. The lowest BCUT2D eigenvalue weighted by molar-refractivity contribution is -0.0750. The lowest BCUT2D eigenvalue weighted by Crippen LogP contribution is -2.15. The molecule has 0 rings (SSSR count). The molecule has 14 heavy (non-hydrogen) atoms. The topological polar surface area (TPSA) is 18.5 Å². The highest BCUT2D eigenvalue weighted by Gasteiger charge is 2.07. The van der Waals surface area contributed by atoms with Gasteiger partial charge in [0.1, 0.15) is 6.79 Å². The van der Waals surface area contributed by atoms with Crippen LogP contribution in [0.15, 0.2) is 0 Å². The molecule has 0 heterocycles. The molecule has 0 aliphatic carbocycles. The molecule has 0 aliphatic heterocycles. The van der Waals surface area contributed by atoms with Gasteiger partial charge in [-0.3, -0.25) is 0 Å². The van der Waals surface area contributed by atoms with E-state index in [4.69, 9.17) is 9.47 Å². The average Bonchev–Trinajstić information content (AvgIpc) is 2.20. The quantitative estimate of drug-likeness (QED) is 0.341. The van der Waals surface area contributed by atoms with Gasteiger partial charge in [0, 0.05) is 12.4 Å². The third-order valence-corrected chi connectivity index (χ3v) is 2.69. The van der Waals surface area contributed by atoms with E-state index in [-0.39, 0.29) is 0 Å². The Morgan fingerprint density at radius 1 is 1.14 bits per heavy atom. The first-order chi connectivity index (χ1) is 6.85. The highest BCUT2D eigenvalue weighted by molar-refractivity contribution is 9.09. The number of hydrogen-bond acceptors (Lipinski definition) is 2. The molecule has 2 nitrogen and oxygen atoms in total. The van der Waals surface area contributed by atoms with Crippen molar-refractivity contribution in [2.75, 3.05) is 19.2 Å². The highest BCUT2D eigenvalue weighted by atomic mass is 79.9. The van der Waals surface area contributed by atoms with Crippen LogP contribution in [0, 0.1) is 0 Å². The maximum atomic E-state index is 5.56. The van der Waals surface area contributed by atoms with Gasteiger partial charge in [0.15, 0.2) is 0 Å². The van der Waals surface area contributed by atoms with Crippen molar-refractivity contribution in [2.24, 2.45) is 0 Å². The Bertz CT molecular complexity index is 109. The summed E-state index contributed by atoms with van der Waals surface area (Å²) in [6.07, 6.45) is 7.84. The fourth-order valence-corrected chi connectivity index (χ4v) is 1.91. The average molecular weight is 267 g/mol. The fraction of sp³-hybridized carbons (Fsp3) is 1.00. The zero-order valence-corrected chi connectivity index (χ0v) is 11.0. The second-order valence-corrected chi connectivity index (χ2v) is 4.32. The van der Waals surface area contributed by atoms with Gasteiger partial charge in [-0.15, -0.1) is 0 Å². The molecular weight excluding hydrogens is 244 g/mol. The van der Waals surface area contributed by atoms with Crippen molar-refractivity contribution in [3.05, 3.63) is 0 Å². The van der Waals surface area contributed by atoms with E-state index in [0.717, 1.165) is 18.2 Å². The van der Waals surface area contributed by atoms with Crippen LogP contribution in [0.2, 0.25) is 0 Å². The molecule has 86 valence electrons. The Hall–Kier alpha value is 0.400. The number of rotatable bonds is 10. The number of ether oxygens (including phenoxy) is 2. The first kappa shape index (κ1) is 14.4. The van der Waals surface area contributed by atoms with Crippen LogP contribution >= 0.6 is 15.9 Å². The van der Waals surface area contributed by atoms with E-state index < -0.39 is 0 Å². The summed E-state index contributed by atoms with van der Waals surface area (Å²) in [6, 6.07) is 0. The zero-order chi connectivity index (χ0) is 10.6. The van der Waals surface area contributed by atoms with Crippen molar-refractivity contribution in [3.8, 4) is 0 Å². The Labute approximate surface area is 96.5 Å². The van der Waals surface area contributed by atoms with Gasteiger partial charge < -0.3 is 9.47 Å². The molecule has 0 aromatic heterocycles. The fourth-order valence-electron chi connectivity index (χ4n) is 1.40. The lowest BCUT2D eigenvalue weighted by Gasteiger charge is -2.15. The van der Waals surface area contributed by atoms with E-state index in [2.05, 4.69) is 22.9 Å². The third kappa shape index (κ3) is 8.97.